The summed E-state index contributed by atoms with van der Waals surface area (Å²) in [6.07, 6.45) is 0. The van der Waals surface area contributed by atoms with Crippen molar-refractivity contribution in [3.63, 3.8) is 0 Å². The molecule has 0 fully saturated rings. The lowest BCUT2D eigenvalue weighted by Crippen LogP contribution is -2.19. The van der Waals surface area contributed by atoms with Crippen LogP contribution >= 0.6 is 36.2 Å². The molecule has 0 aliphatic rings. The summed E-state index contributed by atoms with van der Waals surface area (Å²) in [5.41, 5.74) is 11.0. The normalized spacial score (nSPS) is 12.1. The van der Waals surface area contributed by atoms with E-state index in [0.717, 1.165) is 40.3 Å². The van der Waals surface area contributed by atoms with Crippen molar-refractivity contribution in [3.8, 4) is 5.75 Å². The number of nitrogens with one attached hydrogen (secondary N) is 1. The van der Waals surface area contributed by atoms with Gasteiger partial charge < -0.3 is 16.2 Å². The molecule has 0 aliphatic heterocycles. The number of hydrogen-bond donors (Lipinski definition) is 3. The molecule has 34 heavy (non-hydrogen) atoms. The van der Waals surface area contributed by atoms with Gasteiger partial charge in [-0.25, -0.2) is 4.99 Å². The van der Waals surface area contributed by atoms with Crippen molar-refractivity contribution >= 4 is 47.7 Å². The second-order valence-corrected chi connectivity index (χ2v) is 11.2. The topological polar surface area (TPSA) is 70.6 Å². The summed E-state index contributed by atoms with van der Waals surface area (Å²) < 4.78 is 0. The standard InChI is InChI=1S/C27H35N3OS.2ClH/c1-26(2,3)21-14-19(15-22(24(21)31)27(4,5)6)17-29-16-18-9-7-10-20(13-18)30-25(28)23-11-8-12-32-23;;/h7-15,29,31H,16-17H2,1-6H3,(H2,28,30);2*1H. The molecule has 0 atom stereocenters. The summed E-state index contributed by atoms with van der Waals surface area (Å²) in [6, 6.07) is 16.3. The van der Waals surface area contributed by atoms with Gasteiger partial charge in [-0.3, -0.25) is 0 Å². The fourth-order valence-electron chi connectivity index (χ4n) is 3.65. The average Bonchev–Trinajstić information content (AvgIpc) is 3.22. The van der Waals surface area contributed by atoms with Gasteiger partial charge in [-0.1, -0.05) is 71.9 Å². The van der Waals surface area contributed by atoms with E-state index < -0.39 is 0 Å². The van der Waals surface area contributed by atoms with Crippen LogP contribution in [-0.4, -0.2) is 10.9 Å². The van der Waals surface area contributed by atoms with E-state index >= 15 is 0 Å². The molecule has 3 aromatic rings. The number of amidine groups is 1. The van der Waals surface area contributed by atoms with Crippen LogP contribution in [0.15, 0.2) is 58.9 Å². The lowest BCUT2D eigenvalue weighted by molar-refractivity contribution is 0.422. The minimum absolute atomic E-state index is 0. The Morgan fingerprint density at radius 2 is 1.47 bits per heavy atom. The van der Waals surface area contributed by atoms with Crippen LogP contribution in [0.5, 0.6) is 5.75 Å². The monoisotopic (exact) mass is 521 g/mol. The predicted molar refractivity (Wildman–Crippen MR) is 152 cm³/mol. The Morgan fingerprint density at radius 3 is 2.00 bits per heavy atom. The number of phenolic OH excluding ortho intramolecular Hbond substituents is 1. The Kier molecular flexibility index (Phi) is 10.6. The molecule has 4 N–H and O–H groups in total. The number of rotatable bonds is 6. The van der Waals surface area contributed by atoms with Crippen LogP contribution in [0.2, 0.25) is 0 Å². The van der Waals surface area contributed by atoms with Gasteiger partial charge in [-0.2, -0.15) is 0 Å². The largest absolute Gasteiger partial charge is 0.507 e. The number of aliphatic imine (C=N–C) groups is 1. The molecule has 0 unspecified atom stereocenters. The molecule has 3 rings (SSSR count). The molecule has 1 aromatic heterocycles. The molecule has 0 bridgehead atoms. The molecule has 0 saturated heterocycles. The van der Waals surface area contributed by atoms with Gasteiger partial charge >= 0.3 is 0 Å². The van der Waals surface area contributed by atoms with Crippen LogP contribution in [0, 0.1) is 0 Å². The number of hydrogen-bond acceptors (Lipinski definition) is 4. The lowest BCUT2D eigenvalue weighted by atomic mass is 9.78. The number of thiophene rings is 1. The molecule has 0 spiro atoms. The molecule has 2 aromatic carbocycles. The minimum Gasteiger partial charge on any atom is -0.507 e. The highest BCUT2D eigenvalue weighted by Gasteiger charge is 2.26. The van der Waals surface area contributed by atoms with Gasteiger partial charge in [-0.05, 0) is 56.7 Å². The maximum absolute atomic E-state index is 10.9. The second-order valence-electron chi connectivity index (χ2n) is 10.3. The fraction of sp³-hybridized carbons (Fsp3) is 0.370. The van der Waals surface area contributed by atoms with Gasteiger partial charge in [-0.15, -0.1) is 36.2 Å². The number of nitrogens with zero attached hydrogens (tertiary/aromatic N) is 1. The Balaban J connectivity index is 0.00000289. The van der Waals surface area contributed by atoms with E-state index in [-0.39, 0.29) is 35.6 Å². The SMILES string of the molecule is CC(C)(C)c1cc(CNCc2cccc(N=C(N)c3cccs3)c2)cc(C(C)(C)C)c1O.Cl.Cl. The zero-order chi connectivity index (χ0) is 23.5. The van der Waals surface area contributed by atoms with Crippen LogP contribution in [0.1, 0.15) is 68.7 Å². The molecule has 7 heteroatoms. The minimum atomic E-state index is -0.130. The third kappa shape index (κ3) is 7.74. The third-order valence-electron chi connectivity index (χ3n) is 5.38. The molecule has 4 nitrogen and oxygen atoms in total. The quantitative estimate of drug-likeness (QED) is 0.236. The highest BCUT2D eigenvalue weighted by atomic mass is 35.5. The van der Waals surface area contributed by atoms with Crippen LogP contribution in [-0.2, 0) is 23.9 Å². The van der Waals surface area contributed by atoms with Gasteiger partial charge in [0.2, 0.25) is 0 Å². The number of aromatic hydroxyl groups is 1. The Morgan fingerprint density at radius 1 is 0.882 bits per heavy atom. The first-order chi connectivity index (χ1) is 14.9. The molecular formula is C27H37Cl2N3OS. The van der Waals surface area contributed by atoms with E-state index in [1.165, 1.54) is 5.56 Å². The zero-order valence-corrected chi connectivity index (χ0v) is 23.3. The van der Waals surface area contributed by atoms with Crippen molar-refractivity contribution < 1.29 is 5.11 Å². The van der Waals surface area contributed by atoms with E-state index in [1.54, 1.807) is 11.3 Å². The highest BCUT2D eigenvalue weighted by Crippen LogP contribution is 2.39. The summed E-state index contributed by atoms with van der Waals surface area (Å²) in [5.74, 6) is 0.960. The van der Waals surface area contributed by atoms with Gasteiger partial charge in [0.1, 0.15) is 11.6 Å². The zero-order valence-electron chi connectivity index (χ0n) is 20.8. The van der Waals surface area contributed by atoms with Crippen molar-refractivity contribution in [1.82, 2.24) is 5.32 Å². The van der Waals surface area contributed by atoms with E-state index in [4.69, 9.17) is 5.73 Å². The summed E-state index contributed by atoms with van der Waals surface area (Å²) in [6.45, 7) is 14.3. The van der Waals surface area contributed by atoms with Gasteiger partial charge in [0.15, 0.2) is 0 Å². The van der Waals surface area contributed by atoms with Crippen molar-refractivity contribution in [2.45, 2.75) is 65.5 Å². The van der Waals surface area contributed by atoms with Crippen molar-refractivity contribution in [2.75, 3.05) is 0 Å². The van der Waals surface area contributed by atoms with Crippen molar-refractivity contribution in [2.24, 2.45) is 10.7 Å². The third-order valence-corrected chi connectivity index (χ3v) is 6.27. The summed E-state index contributed by atoms with van der Waals surface area (Å²) in [4.78, 5) is 5.54. The maximum Gasteiger partial charge on any atom is 0.141 e. The van der Waals surface area contributed by atoms with E-state index in [2.05, 4.69) is 76.1 Å². The Hall–Kier alpha value is -2.05. The summed E-state index contributed by atoms with van der Waals surface area (Å²) in [7, 11) is 0. The van der Waals surface area contributed by atoms with Crippen molar-refractivity contribution in [1.29, 1.82) is 0 Å². The summed E-state index contributed by atoms with van der Waals surface area (Å²) >= 11 is 1.59. The number of halogens is 2. The predicted octanol–water partition coefficient (Wildman–Crippen LogP) is 7.22. The van der Waals surface area contributed by atoms with E-state index in [9.17, 15) is 5.11 Å². The van der Waals surface area contributed by atoms with Crippen LogP contribution < -0.4 is 11.1 Å². The first kappa shape index (κ1) is 30.0. The molecular weight excluding hydrogens is 485 g/mol. The lowest BCUT2D eigenvalue weighted by Gasteiger charge is -2.28. The first-order valence-electron chi connectivity index (χ1n) is 11.0. The van der Waals surface area contributed by atoms with Gasteiger partial charge in [0, 0.05) is 13.1 Å². The fourth-order valence-corrected chi connectivity index (χ4v) is 4.27. The number of nitrogens with two attached hydrogens (primary N) is 1. The Labute approximate surface area is 220 Å². The average molecular weight is 523 g/mol. The van der Waals surface area contributed by atoms with Crippen LogP contribution in [0.4, 0.5) is 5.69 Å². The highest BCUT2D eigenvalue weighted by molar-refractivity contribution is 7.12. The molecule has 0 amide bonds. The van der Waals surface area contributed by atoms with E-state index in [1.807, 2.05) is 29.6 Å². The second kappa shape index (κ2) is 12.1. The molecule has 0 saturated carbocycles. The molecule has 186 valence electrons. The molecule has 1 heterocycles. The molecule has 0 aliphatic carbocycles. The van der Waals surface area contributed by atoms with E-state index in [0.29, 0.717) is 11.6 Å². The first-order valence-corrected chi connectivity index (χ1v) is 11.9. The Bertz CT molecular complexity index is 1060. The summed E-state index contributed by atoms with van der Waals surface area (Å²) in [5, 5.41) is 16.5. The maximum atomic E-state index is 10.9. The smallest absolute Gasteiger partial charge is 0.141 e. The van der Waals surface area contributed by atoms with Crippen molar-refractivity contribution in [3.05, 3.63) is 81.0 Å². The number of benzene rings is 2. The van der Waals surface area contributed by atoms with Gasteiger partial charge in [0.25, 0.3) is 0 Å². The number of phenols is 1. The molecule has 0 radical (unpaired) electrons. The van der Waals surface area contributed by atoms with Crippen LogP contribution in [0.25, 0.3) is 0 Å². The van der Waals surface area contributed by atoms with Gasteiger partial charge in [0.05, 0.1) is 10.6 Å². The van der Waals surface area contributed by atoms with Crippen LogP contribution in [0.3, 0.4) is 0 Å².